The van der Waals surface area contributed by atoms with E-state index in [4.69, 9.17) is 27.7 Å². The first-order chi connectivity index (χ1) is 10.5. The standard InChI is InChI=1S/C14H16Cl2N4O2/c1-8(10-3-4-11(15)12(16)7-10)18-14(21)17-6-5-13-19-9(2)20-22-13/h3-4,7-8H,5-6H2,1-2H3,(H2,17,18,21)/t8-/m0/s1. The zero-order chi connectivity index (χ0) is 16.1. The van der Waals surface area contributed by atoms with Crippen LogP contribution in [0.5, 0.6) is 0 Å². The van der Waals surface area contributed by atoms with Crippen LogP contribution in [-0.2, 0) is 6.42 Å². The van der Waals surface area contributed by atoms with Crippen molar-refractivity contribution in [3.63, 3.8) is 0 Å². The Morgan fingerprint density at radius 2 is 2.14 bits per heavy atom. The minimum Gasteiger partial charge on any atom is -0.339 e. The van der Waals surface area contributed by atoms with E-state index in [1.807, 2.05) is 13.0 Å². The van der Waals surface area contributed by atoms with E-state index in [9.17, 15) is 4.79 Å². The van der Waals surface area contributed by atoms with Gasteiger partial charge in [0, 0.05) is 13.0 Å². The van der Waals surface area contributed by atoms with Crippen molar-refractivity contribution in [1.82, 2.24) is 20.8 Å². The number of amides is 2. The molecule has 2 N–H and O–H groups in total. The number of rotatable bonds is 5. The predicted octanol–water partition coefficient (Wildman–Crippen LogP) is 3.29. The molecule has 0 saturated heterocycles. The molecule has 6 nitrogen and oxygen atoms in total. The second-order valence-electron chi connectivity index (χ2n) is 4.78. The summed E-state index contributed by atoms with van der Waals surface area (Å²) < 4.78 is 4.96. The molecule has 1 heterocycles. The fraction of sp³-hybridized carbons (Fsp3) is 0.357. The van der Waals surface area contributed by atoms with Crippen LogP contribution in [0, 0.1) is 6.92 Å². The lowest BCUT2D eigenvalue weighted by Gasteiger charge is -2.15. The van der Waals surface area contributed by atoms with Gasteiger partial charge in [-0.3, -0.25) is 0 Å². The lowest BCUT2D eigenvalue weighted by atomic mass is 10.1. The van der Waals surface area contributed by atoms with Crippen LogP contribution in [-0.4, -0.2) is 22.7 Å². The molecule has 22 heavy (non-hydrogen) atoms. The van der Waals surface area contributed by atoms with Crippen LogP contribution < -0.4 is 10.6 Å². The highest BCUT2D eigenvalue weighted by Gasteiger charge is 2.11. The summed E-state index contributed by atoms with van der Waals surface area (Å²) in [6, 6.07) is 4.78. The third-order valence-electron chi connectivity index (χ3n) is 2.99. The number of aryl methyl sites for hydroxylation is 1. The van der Waals surface area contributed by atoms with E-state index in [0.29, 0.717) is 34.7 Å². The number of hydrogen-bond acceptors (Lipinski definition) is 4. The average Bonchev–Trinajstić information content (AvgIpc) is 2.87. The molecular weight excluding hydrogens is 327 g/mol. The molecule has 2 aromatic rings. The summed E-state index contributed by atoms with van der Waals surface area (Å²) >= 11 is 11.8. The van der Waals surface area contributed by atoms with Gasteiger partial charge in [-0.25, -0.2) is 4.79 Å². The molecule has 8 heteroatoms. The van der Waals surface area contributed by atoms with E-state index in [2.05, 4.69) is 20.8 Å². The first-order valence-electron chi connectivity index (χ1n) is 6.74. The van der Waals surface area contributed by atoms with Crippen molar-refractivity contribution in [2.45, 2.75) is 26.3 Å². The molecule has 1 atom stereocenters. The van der Waals surface area contributed by atoms with Gasteiger partial charge < -0.3 is 15.2 Å². The lowest BCUT2D eigenvalue weighted by Crippen LogP contribution is -2.38. The highest BCUT2D eigenvalue weighted by atomic mass is 35.5. The summed E-state index contributed by atoms with van der Waals surface area (Å²) in [5, 5.41) is 10.2. The predicted molar refractivity (Wildman–Crippen MR) is 84.2 cm³/mol. The quantitative estimate of drug-likeness (QED) is 0.873. The Bertz CT molecular complexity index is 660. The number of carbonyl (C=O) groups is 1. The van der Waals surface area contributed by atoms with Crippen LogP contribution in [0.4, 0.5) is 4.79 Å². The summed E-state index contributed by atoms with van der Waals surface area (Å²) in [5.74, 6) is 1.07. The van der Waals surface area contributed by atoms with Crippen LogP contribution in [0.1, 0.15) is 30.2 Å². The molecule has 0 aliphatic carbocycles. The van der Waals surface area contributed by atoms with Gasteiger partial charge in [0.05, 0.1) is 16.1 Å². The Balaban J connectivity index is 1.79. The second-order valence-corrected chi connectivity index (χ2v) is 5.60. The number of carbonyl (C=O) groups excluding carboxylic acids is 1. The number of benzene rings is 1. The van der Waals surface area contributed by atoms with Gasteiger partial charge in [0.2, 0.25) is 5.89 Å². The maximum Gasteiger partial charge on any atom is 0.315 e. The first-order valence-corrected chi connectivity index (χ1v) is 7.50. The van der Waals surface area contributed by atoms with Crippen molar-refractivity contribution in [1.29, 1.82) is 0 Å². The number of halogens is 2. The molecule has 0 bridgehead atoms. The zero-order valence-corrected chi connectivity index (χ0v) is 13.7. The molecule has 0 radical (unpaired) electrons. The van der Waals surface area contributed by atoms with Gasteiger partial charge in [-0.15, -0.1) is 0 Å². The van der Waals surface area contributed by atoms with E-state index in [-0.39, 0.29) is 12.1 Å². The van der Waals surface area contributed by atoms with E-state index in [1.54, 1.807) is 19.1 Å². The molecule has 0 aliphatic rings. The van der Waals surface area contributed by atoms with Crippen molar-refractivity contribution in [3.8, 4) is 0 Å². The Morgan fingerprint density at radius 1 is 1.36 bits per heavy atom. The Morgan fingerprint density at radius 3 is 2.77 bits per heavy atom. The summed E-state index contributed by atoms with van der Waals surface area (Å²) in [6.45, 7) is 4.01. The molecule has 0 aliphatic heterocycles. The lowest BCUT2D eigenvalue weighted by molar-refractivity contribution is 0.237. The smallest absolute Gasteiger partial charge is 0.315 e. The van der Waals surface area contributed by atoms with Gasteiger partial charge in [-0.1, -0.05) is 34.4 Å². The molecule has 0 spiro atoms. The summed E-state index contributed by atoms with van der Waals surface area (Å²) in [5.41, 5.74) is 0.872. The van der Waals surface area contributed by atoms with Crippen LogP contribution in [0.25, 0.3) is 0 Å². The summed E-state index contributed by atoms with van der Waals surface area (Å²) in [4.78, 5) is 15.9. The molecule has 2 rings (SSSR count). The third-order valence-corrected chi connectivity index (χ3v) is 3.72. The number of nitrogens with zero attached hydrogens (tertiary/aromatic N) is 2. The van der Waals surface area contributed by atoms with E-state index < -0.39 is 0 Å². The van der Waals surface area contributed by atoms with Crippen molar-refractivity contribution < 1.29 is 9.32 Å². The van der Waals surface area contributed by atoms with Crippen molar-refractivity contribution >= 4 is 29.2 Å². The summed E-state index contributed by atoms with van der Waals surface area (Å²) in [7, 11) is 0. The normalized spacial score (nSPS) is 12.0. The monoisotopic (exact) mass is 342 g/mol. The first kappa shape index (κ1) is 16.6. The maximum atomic E-state index is 11.8. The van der Waals surface area contributed by atoms with Crippen molar-refractivity contribution in [3.05, 3.63) is 45.5 Å². The van der Waals surface area contributed by atoms with Gasteiger partial charge in [0.1, 0.15) is 0 Å². The van der Waals surface area contributed by atoms with Gasteiger partial charge in [-0.2, -0.15) is 4.98 Å². The van der Waals surface area contributed by atoms with Crippen LogP contribution in [0.2, 0.25) is 10.0 Å². The largest absolute Gasteiger partial charge is 0.339 e. The number of hydrogen-bond donors (Lipinski definition) is 2. The van der Waals surface area contributed by atoms with Crippen molar-refractivity contribution in [2.75, 3.05) is 6.54 Å². The van der Waals surface area contributed by atoms with E-state index in [0.717, 1.165) is 5.56 Å². The highest BCUT2D eigenvalue weighted by Crippen LogP contribution is 2.25. The number of nitrogens with one attached hydrogen (secondary N) is 2. The fourth-order valence-corrected chi connectivity index (χ4v) is 2.14. The van der Waals surface area contributed by atoms with E-state index in [1.165, 1.54) is 0 Å². The SMILES string of the molecule is Cc1noc(CCNC(=O)N[C@@H](C)c2ccc(Cl)c(Cl)c2)n1. The molecule has 1 aromatic carbocycles. The topological polar surface area (TPSA) is 80.0 Å². The Kier molecular flexibility index (Phi) is 5.63. The molecule has 0 unspecified atom stereocenters. The van der Waals surface area contributed by atoms with Crippen LogP contribution in [0.3, 0.4) is 0 Å². The van der Waals surface area contributed by atoms with Crippen molar-refractivity contribution in [2.24, 2.45) is 0 Å². The maximum absolute atomic E-state index is 11.8. The number of urea groups is 1. The minimum absolute atomic E-state index is 0.194. The van der Waals surface area contributed by atoms with Gasteiger partial charge in [0.15, 0.2) is 5.82 Å². The van der Waals surface area contributed by atoms with Gasteiger partial charge >= 0.3 is 6.03 Å². The minimum atomic E-state index is -0.283. The fourth-order valence-electron chi connectivity index (χ4n) is 1.84. The van der Waals surface area contributed by atoms with Crippen LogP contribution >= 0.6 is 23.2 Å². The molecule has 1 aromatic heterocycles. The van der Waals surface area contributed by atoms with Crippen LogP contribution in [0.15, 0.2) is 22.7 Å². The van der Waals surface area contributed by atoms with Gasteiger partial charge in [-0.05, 0) is 31.5 Å². The molecule has 118 valence electrons. The molecule has 0 saturated carbocycles. The number of aromatic nitrogens is 2. The molecule has 2 amide bonds. The Hall–Kier alpha value is -1.79. The van der Waals surface area contributed by atoms with E-state index >= 15 is 0 Å². The average molecular weight is 343 g/mol. The second kappa shape index (κ2) is 7.47. The molecule has 0 fully saturated rings. The summed E-state index contributed by atoms with van der Waals surface area (Å²) in [6.07, 6.45) is 0.482. The molecular formula is C14H16Cl2N4O2. The third kappa shape index (κ3) is 4.61. The van der Waals surface area contributed by atoms with Gasteiger partial charge in [0.25, 0.3) is 0 Å². The zero-order valence-electron chi connectivity index (χ0n) is 12.2. The highest BCUT2D eigenvalue weighted by molar-refractivity contribution is 6.42. The Labute approximate surface area is 138 Å².